The third-order valence-corrected chi connectivity index (χ3v) is 5.00. The Balaban J connectivity index is 1.52. The van der Waals surface area contributed by atoms with Crippen LogP contribution in [0.15, 0.2) is 77.4 Å². The van der Waals surface area contributed by atoms with Crippen LogP contribution < -0.4 is 4.74 Å². The third-order valence-electron chi connectivity index (χ3n) is 5.00. The Morgan fingerprint density at radius 3 is 2.60 bits per heavy atom. The lowest BCUT2D eigenvalue weighted by molar-refractivity contribution is -0.142. The summed E-state index contributed by atoms with van der Waals surface area (Å²) in [5.74, 6) is 0.419. The van der Waals surface area contributed by atoms with Crippen molar-refractivity contribution in [2.75, 3.05) is 6.61 Å². The summed E-state index contributed by atoms with van der Waals surface area (Å²) in [6.07, 6.45) is 1.93. The highest BCUT2D eigenvalue weighted by Crippen LogP contribution is 2.29. The van der Waals surface area contributed by atoms with Gasteiger partial charge in [0.25, 0.3) is 0 Å². The second-order valence-electron chi connectivity index (χ2n) is 7.22. The number of para-hydroxylation sites is 1. The fourth-order valence-electron chi connectivity index (χ4n) is 3.51. The van der Waals surface area contributed by atoms with Gasteiger partial charge in [0.1, 0.15) is 17.9 Å². The number of carbonyl (C=O) groups is 1. The van der Waals surface area contributed by atoms with Crippen LogP contribution in [0.4, 0.5) is 0 Å². The summed E-state index contributed by atoms with van der Waals surface area (Å²) in [4.78, 5) is 11.8. The number of fused-ring (bicyclic) bond motifs is 1. The van der Waals surface area contributed by atoms with E-state index in [0.717, 1.165) is 27.7 Å². The average molecular weight is 400 g/mol. The zero-order valence-corrected chi connectivity index (χ0v) is 17.2. The van der Waals surface area contributed by atoms with Gasteiger partial charge in [-0.2, -0.15) is 0 Å². The Bertz CT molecular complexity index is 1170. The monoisotopic (exact) mass is 400 g/mol. The second kappa shape index (κ2) is 8.87. The largest absolute Gasteiger partial charge is 0.488 e. The van der Waals surface area contributed by atoms with Gasteiger partial charge in [-0.05, 0) is 37.1 Å². The number of aryl methyl sites for hydroxylation is 1. The highest BCUT2D eigenvalue weighted by Gasteiger charge is 2.12. The van der Waals surface area contributed by atoms with Crippen molar-refractivity contribution < 1.29 is 18.7 Å². The third kappa shape index (κ3) is 4.38. The molecule has 0 aliphatic carbocycles. The summed E-state index contributed by atoms with van der Waals surface area (Å²) in [5.41, 5.74) is 6.11. The molecule has 0 aliphatic rings. The van der Waals surface area contributed by atoms with E-state index in [1.54, 1.807) is 13.2 Å². The Labute approximate surface area is 176 Å². The molecule has 4 rings (SSSR count). The smallest absolute Gasteiger partial charge is 0.310 e. The first kappa shape index (κ1) is 19.8. The lowest BCUT2D eigenvalue weighted by atomic mass is 10.0. The molecule has 1 heterocycles. The van der Waals surface area contributed by atoms with E-state index in [-0.39, 0.29) is 12.4 Å². The van der Waals surface area contributed by atoms with Crippen molar-refractivity contribution in [3.63, 3.8) is 0 Å². The standard InChI is InChI=1S/C26H24O4/c1-3-28-26(27)15-21-8-4-5-10-24(21)29-16-22-17-30-25-14-20(11-12-23(22)25)19-9-6-7-18(2)13-19/h4-14,17H,3,15-16H2,1-2H3. The average Bonchev–Trinajstić information content (AvgIpc) is 3.15. The van der Waals surface area contributed by atoms with Gasteiger partial charge < -0.3 is 13.9 Å². The van der Waals surface area contributed by atoms with Crippen LogP contribution in [-0.2, 0) is 22.6 Å². The van der Waals surface area contributed by atoms with Crippen molar-refractivity contribution in [1.82, 2.24) is 0 Å². The minimum absolute atomic E-state index is 0.190. The van der Waals surface area contributed by atoms with Crippen LogP contribution in [0.1, 0.15) is 23.6 Å². The number of esters is 1. The number of carbonyl (C=O) groups excluding carboxylic acids is 1. The first-order valence-electron chi connectivity index (χ1n) is 10.1. The normalized spacial score (nSPS) is 10.9. The Morgan fingerprint density at radius 2 is 1.77 bits per heavy atom. The van der Waals surface area contributed by atoms with Crippen molar-refractivity contribution in [2.45, 2.75) is 26.9 Å². The van der Waals surface area contributed by atoms with Crippen LogP contribution >= 0.6 is 0 Å². The van der Waals surface area contributed by atoms with Crippen LogP contribution in [0.25, 0.3) is 22.1 Å². The van der Waals surface area contributed by atoms with Gasteiger partial charge in [-0.1, -0.05) is 60.2 Å². The van der Waals surface area contributed by atoms with Crippen LogP contribution in [0.5, 0.6) is 5.75 Å². The summed E-state index contributed by atoms with van der Waals surface area (Å²) in [7, 11) is 0. The predicted molar refractivity (Wildman–Crippen MR) is 117 cm³/mol. The molecule has 4 aromatic rings. The Hall–Kier alpha value is -3.53. The van der Waals surface area contributed by atoms with Crippen molar-refractivity contribution in [3.05, 3.63) is 89.7 Å². The maximum atomic E-state index is 11.8. The fraction of sp³-hybridized carbons (Fsp3) is 0.192. The van der Waals surface area contributed by atoms with E-state index in [9.17, 15) is 4.79 Å². The summed E-state index contributed by atoms with van der Waals surface area (Å²) in [5, 5.41) is 1.02. The van der Waals surface area contributed by atoms with Crippen LogP contribution in [0.3, 0.4) is 0 Å². The minimum Gasteiger partial charge on any atom is -0.488 e. The molecule has 0 saturated carbocycles. The second-order valence-corrected chi connectivity index (χ2v) is 7.22. The van der Waals surface area contributed by atoms with Gasteiger partial charge in [-0.15, -0.1) is 0 Å². The molecule has 3 aromatic carbocycles. The quantitative estimate of drug-likeness (QED) is 0.352. The molecular weight excluding hydrogens is 376 g/mol. The van der Waals surface area contributed by atoms with Gasteiger partial charge in [0, 0.05) is 16.5 Å². The predicted octanol–water partition coefficient (Wildman–Crippen LogP) is 6.09. The van der Waals surface area contributed by atoms with Crippen molar-refractivity contribution in [2.24, 2.45) is 0 Å². The SMILES string of the molecule is CCOC(=O)Cc1ccccc1OCc1coc2cc(-c3cccc(C)c3)ccc12. The van der Waals surface area contributed by atoms with E-state index in [1.807, 2.05) is 24.3 Å². The first-order valence-corrected chi connectivity index (χ1v) is 10.1. The minimum atomic E-state index is -0.258. The molecule has 0 atom stereocenters. The number of rotatable bonds is 7. The maximum absolute atomic E-state index is 11.8. The summed E-state index contributed by atoms with van der Waals surface area (Å²) < 4.78 is 16.9. The Kier molecular flexibility index (Phi) is 5.84. The molecule has 4 heteroatoms. The van der Waals surface area contributed by atoms with Gasteiger partial charge in [-0.3, -0.25) is 4.79 Å². The van der Waals surface area contributed by atoms with Crippen molar-refractivity contribution >= 4 is 16.9 Å². The molecule has 0 bridgehead atoms. The van der Waals surface area contributed by atoms with Crippen LogP contribution in [0, 0.1) is 6.92 Å². The van der Waals surface area contributed by atoms with E-state index in [1.165, 1.54) is 11.1 Å². The molecular formula is C26H24O4. The number of benzene rings is 3. The molecule has 30 heavy (non-hydrogen) atoms. The Morgan fingerprint density at radius 1 is 0.933 bits per heavy atom. The topological polar surface area (TPSA) is 48.7 Å². The zero-order valence-electron chi connectivity index (χ0n) is 17.2. The molecule has 4 nitrogen and oxygen atoms in total. The van der Waals surface area contributed by atoms with Crippen molar-refractivity contribution in [1.29, 1.82) is 0 Å². The highest BCUT2D eigenvalue weighted by atomic mass is 16.5. The van der Waals surface area contributed by atoms with Gasteiger partial charge in [-0.25, -0.2) is 0 Å². The number of furan rings is 1. The molecule has 0 fully saturated rings. The molecule has 0 unspecified atom stereocenters. The summed E-state index contributed by atoms with van der Waals surface area (Å²) >= 11 is 0. The molecule has 0 aliphatic heterocycles. The van der Waals surface area contributed by atoms with Gasteiger partial charge in [0.2, 0.25) is 0 Å². The van der Waals surface area contributed by atoms with Gasteiger partial charge in [0.15, 0.2) is 0 Å². The van der Waals surface area contributed by atoms with E-state index >= 15 is 0 Å². The van der Waals surface area contributed by atoms with Crippen LogP contribution in [0.2, 0.25) is 0 Å². The molecule has 1 aromatic heterocycles. The highest BCUT2D eigenvalue weighted by molar-refractivity contribution is 5.86. The molecule has 0 amide bonds. The van der Waals surface area contributed by atoms with E-state index in [2.05, 4.69) is 49.4 Å². The van der Waals surface area contributed by atoms with E-state index in [4.69, 9.17) is 13.9 Å². The van der Waals surface area contributed by atoms with Crippen molar-refractivity contribution in [3.8, 4) is 16.9 Å². The first-order chi connectivity index (χ1) is 14.6. The molecule has 0 N–H and O–H groups in total. The molecule has 0 saturated heterocycles. The lowest BCUT2D eigenvalue weighted by Crippen LogP contribution is -2.09. The number of hydrogen-bond acceptors (Lipinski definition) is 4. The zero-order chi connectivity index (χ0) is 20.9. The van der Waals surface area contributed by atoms with Gasteiger partial charge >= 0.3 is 5.97 Å². The maximum Gasteiger partial charge on any atom is 0.310 e. The van der Waals surface area contributed by atoms with Crippen LogP contribution in [-0.4, -0.2) is 12.6 Å². The summed E-state index contributed by atoms with van der Waals surface area (Å²) in [6.45, 7) is 4.61. The fourth-order valence-corrected chi connectivity index (χ4v) is 3.51. The molecule has 152 valence electrons. The summed E-state index contributed by atoms with van der Waals surface area (Å²) in [6, 6.07) is 22.2. The molecule has 0 spiro atoms. The van der Waals surface area contributed by atoms with E-state index < -0.39 is 0 Å². The lowest BCUT2D eigenvalue weighted by Gasteiger charge is -2.10. The van der Waals surface area contributed by atoms with E-state index in [0.29, 0.717) is 19.0 Å². The van der Waals surface area contributed by atoms with Gasteiger partial charge in [0.05, 0.1) is 19.3 Å². The number of hydrogen-bond donors (Lipinski definition) is 0. The molecule has 0 radical (unpaired) electrons. The number of ether oxygens (including phenoxy) is 2.